The smallest absolute Gasteiger partial charge is 0.308 e. The summed E-state index contributed by atoms with van der Waals surface area (Å²) in [6.07, 6.45) is 2.31. The van der Waals surface area contributed by atoms with Crippen molar-refractivity contribution in [3.05, 3.63) is 92.9 Å². The largest absolute Gasteiger partial charge is 0.481 e. The van der Waals surface area contributed by atoms with Gasteiger partial charge in [0.15, 0.2) is 0 Å². The number of aliphatic hydroxyl groups is 1. The highest BCUT2D eigenvalue weighted by Gasteiger charge is 2.38. The number of aromatic nitrogens is 1. The number of aliphatic hydroxyl groups excluding tert-OH is 1. The van der Waals surface area contributed by atoms with E-state index in [-0.39, 0.29) is 31.9 Å². The molecule has 0 aliphatic carbocycles. The van der Waals surface area contributed by atoms with Crippen molar-refractivity contribution in [3.63, 3.8) is 0 Å². The standard InChI is InChI=1S/C31H35ClN2O5S/c1-4-8-25-22-15-21(32)12-14-24(22)34(18-31(2,3)19-35)30(38)26(39-25)16-28-33-23(27(40-28)17-29(36)37)13-11-20-9-6-5-7-10-20/h4-7,9-10,12,14-15,25-26,35H,1,8,11,13,16-19H2,2-3H3,(H,36,37)/t25?,26-/m1/s1. The van der Waals surface area contributed by atoms with Gasteiger partial charge >= 0.3 is 5.97 Å². The van der Waals surface area contributed by atoms with Crippen LogP contribution in [0.4, 0.5) is 5.69 Å². The molecule has 3 aromatic rings. The number of aryl methyl sites for hydroxylation is 2. The number of anilines is 1. The van der Waals surface area contributed by atoms with Crippen LogP contribution < -0.4 is 4.90 Å². The van der Waals surface area contributed by atoms with Crippen molar-refractivity contribution in [1.82, 2.24) is 4.98 Å². The number of carbonyl (C=O) groups excluding carboxylic acids is 1. The number of hydrogen-bond donors (Lipinski definition) is 2. The first-order valence-electron chi connectivity index (χ1n) is 13.3. The van der Waals surface area contributed by atoms with Crippen LogP contribution in [-0.4, -0.2) is 46.3 Å². The Labute approximate surface area is 244 Å². The predicted octanol–water partition coefficient (Wildman–Crippen LogP) is 5.82. The van der Waals surface area contributed by atoms with Crippen molar-refractivity contribution in [2.75, 3.05) is 18.1 Å². The Kier molecular flexibility index (Phi) is 9.79. The lowest BCUT2D eigenvalue weighted by Crippen LogP contribution is -2.45. The summed E-state index contributed by atoms with van der Waals surface area (Å²) in [6, 6.07) is 15.4. The van der Waals surface area contributed by atoms with E-state index in [1.165, 1.54) is 11.3 Å². The fraction of sp³-hybridized carbons (Fsp3) is 0.387. The highest BCUT2D eigenvalue weighted by Crippen LogP contribution is 2.40. The van der Waals surface area contributed by atoms with E-state index < -0.39 is 23.6 Å². The van der Waals surface area contributed by atoms with Gasteiger partial charge in [-0.1, -0.05) is 61.9 Å². The summed E-state index contributed by atoms with van der Waals surface area (Å²) in [4.78, 5) is 32.9. The molecule has 1 unspecified atom stereocenters. The van der Waals surface area contributed by atoms with Gasteiger partial charge in [0, 0.05) is 46.1 Å². The van der Waals surface area contributed by atoms with E-state index in [2.05, 4.69) is 6.58 Å². The molecule has 2 N–H and O–H groups in total. The van der Waals surface area contributed by atoms with Gasteiger partial charge in [-0.05, 0) is 43.0 Å². The molecule has 40 heavy (non-hydrogen) atoms. The first kappa shape index (κ1) is 29.9. The van der Waals surface area contributed by atoms with Gasteiger partial charge in [0.1, 0.15) is 6.10 Å². The Morgan fingerprint density at radius 2 is 1.95 bits per heavy atom. The van der Waals surface area contributed by atoms with E-state index in [9.17, 15) is 19.8 Å². The maximum absolute atomic E-state index is 14.1. The molecule has 4 rings (SSSR count). The lowest BCUT2D eigenvalue weighted by atomic mass is 9.93. The van der Waals surface area contributed by atoms with Gasteiger partial charge in [0.2, 0.25) is 0 Å². The summed E-state index contributed by atoms with van der Waals surface area (Å²) in [5, 5.41) is 20.7. The second-order valence-corrected chi connectivity index (χ2v) is 12.4. The first-order valence-corrected chi connectivity index (χ1v) is 14.5. The third-order valence-electron chi connectivity index (χ3n) is 6.88. The molecule has 1 aromatic heterocycles. The van der Waals surface area contributed by atoms with Gasteiger partial charge < -0.3 is 19.8 Å². The average Bonchev–Trinajstić information content (AvgIpc) is 3.26. The molecule has 0 spiro atoms. The second kappa shape index (κ2) is 13.1. The van der Waals surface area contributed by atoms with E-state index in [1.54, 1.807) is 17.0 Å². The van der Waals surface area contributed by atoms with E-state index in [0.717, 1.165) is 23.2 Å². The minimum absolute atomic E-state index is 0.100. The Morgan fingerprint density at radius 1 is 1.20 bits per heavy atom. The van der Waals surface area contributed by atoms with Crippen molar-refractivity contribution >= 4 is 40.5 Å². The molecule has 2 atom stereocenters. The third kappa shape index (κ3) is 7.37. The zero-order chi connectivity index (χ0) is 28.9. The number of fused-ring (bicyclic) bond motifs is 1. The first-order chi connectivity index (χ1) is 19.1. The highest BCUT2D eigenvalue weighted by atomic mass is 35.5. The summed E-state index contributed by atoms with van der Waals surface area (Å²) >= 11 is 7.68. The number of hydrogen-bond acceptors (Lipinski definition) is 6. The van der Waals surface area contributed by atoms with Gasteiger partial charge in [-0.2, -0.15) is 0 Å². The molecule has 9 heteroatoms. The summed E-state index contributed by atoms with van der Waals surface area (Å²) in [5.74, 6) is -1.16. The number of nitrogens with zero attached hydrogens (tertiary/aromatic N) is 2. The number of carbonyl (C=O) groups is 2. The highest BCUT2D eigenvalue weighted by molar-refractivity contribution is 7.11. The zero-order valence-electron chi connectivity index (χ0n) is 22.8. The van der Waals surface area contributed by atoms with Gasteiger partial charge in [0.05, 0.1) is 23.2 Å². The molecule has 212 valence electrons. The fourth-order valence-electron chi connectivity index (χ4n) is 4.82. The minimum Gasteiger partial charge on any atom is -0.481 e. The van der Waals surface area contributed by atoms with Crippen LogP contribution in [0.1, 0.15) is 53.1 Å². The fourth-order valence-corrected chi connectivity index (χ4v) is 6.14. The molecule has 0 saturated carbocycles. The zero-order valence-corrected chi connectivity index (χ0v) is 24.4. The monoisotopic (exact) mass is 582 g/mol. The Hall–Kier alpha value is -3.04. The molecule has 2 aromatic carbocycles. The second-order valence-electron chi connectivity index (χ2n) is 10.8. The maximum atomic E-state index is 14.1. The number of rotatable bonds is 12. The molecule has 0 bridgehead atoms. The SMILES string of the molecule is C=CCC1O[C@H](Cc2nc(CCc3ccccc3)c(CC(=O)O)s2)C(=O)N(CC(C)(C)CO)c2ccc(Cl)cc21. The minimum atomic E-state index is -0.922. The van der Waals surface area contributed by atoms with E-state index in [4.69, 9.17) is 21.3 Å². The summed E-state index contributed by atoms with van der Waals surface area (Å²) in [7, 11) is 0. The average molecular weight is 583 g/mol. The van der Waals surface area contributed by atoms with Gasteiger partial charge in [-0.15, -0.1) is 17.9 Å². The number of halogens is 1. The molecular formula is C31H35ClN2O5S. The summed E-state index contributed by atoms with van der Waals surface area (Å²) in [6.45, 7) is 7.86. The van der Waals surface area contributed by atoms with Crippen LogP contribution in [0.5, 0.6) is 0 Å². The van der Waals surface area contributed by atoms with Crippen molar-refractivity contribution in [2.24, 2.45) is 5.41 Å². The topological polar surface area (TPSA) is 100.0 Å². The molecule has 1 amide bonds. The lowest BCUT2D eigenvalue weighted by molar-refractivity contribution is -0.136. The van der Waals surface area contributed by atoms with Crippen LogP contribution >= 0.6 is 22.9 Å². The Bertz CT molecular complexity index is 1360. The van der Waals surface area contributed by atoms with Crippen molar-refractivity contribution in [3.8, 4) is 0 Å². The number of thiazole rings is 1. The molecule has 2 heterocycles. The Morgan fingerprint density at radius 3 is 2.62 bits per heavy atom. The molecule has 0 saturated heterocycles. The number of ether oxygens (including phenoxy) is 1. The molecule has 1 aliphatic heterocycles. The van der Waals surface area contributed by atoms with Crippen LogP contribution in [0.25, 0.3) is 0 Å². The van der Waals surface area contributed by atoms with Gasteiger partial charge in [-0.25, -0.2) is 4.98 Å². The van der Waals surface area contributed by atoms with Crippen molar-refractivity contribution < 1.29 is 24.5 Å². The predicted molar refractivity (Wildman–Crippen MR) is 158 cm³/mol. The van der Waals surface area contributed by atoms with Gasteiger partial charge in [0.25, 0.3) is 5.91 Å². The normalized spacial score (nSPS) is 17.4. The molecule has 1 aliphatic rings. The van der Waals surface area contributed by atoms with Crippen LogP contribution in [-0.2, 0) is 40.0 Å². The number of carboxylic acid groups (broad SMARTS) is 1. The number of carboxylic acids is 1. The van der Waals surface area contributed by atoms with Crippen molar-refractivity contribution in [2.45, 2.75) is 58.2 Å². The van der Waals surface area contributed by atoms with Crippen LogP contribution in [0.3, 0.4) is 0 Å². The molecule has 0 radical (unpaired) electrons. The summed E-state index contributed by atoms with van der Waals surface area (Å²) < 4.78 is 6.45. The van der Waals surface area contributed by atoms with E-state index in [0.29, 0.717) is 33.4 Å². The summed E-state index contributed by atoms with van der Waals surface area (Å²) in [5.41, 5.74) is 2.80. The molecular weight excluding hydrogens is 548 g/mol. The maximum Gasteiger partial charge on any atom is 0.308 e. The van der Waals surface area contributed by atoms with E-state index in [1.807, 2.05) is 56.3 Å². The van der Waals surface area contributed by atoms with Crippen LogP contribution in [0.2, 0.25) is 5.02 Å². The van der Waals surface area contributed by atoms with Gasteiger partial charge in [-0.3, -0.25) is 9.59 Å². The van der Waals surface area contributed by atoms with E-state index >= 15 is 0 Å². The number of benzene rings is 2. The molecule has 7 nitrogen and oxygen atoms in total. The Balaban J connectivity index is 1.67. The number of amides is 1. The van der Waals surface area contributed by atoms with Crippen LogP contribution in [0.15, 0.2) is 61.2 Å². The third-order valence-corrected chi connectivity index (χ3v) is 8.23. The van der Waals surface area contributed by atoms with Crippen molar-refractivity contribution in [1.29, 1.82) is 0 Å². The quantitative estimate of drug-likeness (QED) is 0.261. The molecule has 0 fully saturated rings. The lowest BCUT2D eigenvalue weighted by Gasteiger charge is -2.32. The van der Waals surface area contributed by atoms with Crippen LogP contribution in [0, 0.1) is 5.41 Å². The number of aliphatic carboxylic acids is 1.